The highest BCUT2D eigenvalue weighted by atomic mass is 16.7. The molecule has 1 spiro atoms. The molecule has 41 heavy (non-hydrogen) atoms. The van der Waals surface area contributed by atoms with Gasteiger partial charge in [-0.3, -0.25) is 0 Å². The Labute approximate surface area is 243 Å². The van der Waals surface area contributed by atoms with E-state index in [4.69, 9.17) is 18.9 Å². The molecule has 234 valence electrons. The first-order valence-electron chi connectivity index (χ1n) is 16.4. The van der Waals surface area contributed by atoms with Crippen molar-refractivity contribution in [2.75, 3.05) is 13.2 Å². The molecule has 18 atom stereocenters. The van der Waals surface area contributed by atoms with Crippen molar-refractivity contribution in [1.82, 2.24) is 0 Å². The van der Waals surface area contributed by atoms with Crippen LogP contribution in [0.2, 0.25) is 0 Å². The van der Waals surface area contributed by atoms with Crippen molar-refractivity contribution in [2.24, 2.45) is 52.3 Å². The first-order valence-corrected chi connectivity index (χ1v) is 16.4. The van der Waals surface area contributed by atoms with Crippen molar-refractivity contribution in [1.29, 1.82) is 0 Å². The van der Waals surface area contributed by atoms with E-state index in [1.165, 1.54) is 0 Å². The highest BCUT2D eigenvalue weighted by molar-refractivity contribution is 5.17. The smallest absolute Gasteiger partial charge is 0.186 e. The second-order valence-electron chi connectivity index (χ2n) is 15.6. The Kier molecular flexibility index (Phi) is 7.21. The van der Waals surface area contributed by atoms with Gasteiger partial charge in [0.05, 0.1) is 31.5 Å². The van der Waals surface area contributed by atoms with Crippen molar-refractivity contribution >= 4 is 0 Å². The van der Waals surface area contributed by atoms with Crippen LogP contribution in [0.3, 0.4) is 0 Å². The molecule has 7 aliphatic rings. The molecule has 0 unspecified atom stereocenters. The Morgan fingerprint density at radius 3 is 2.29 bits per heavy atom. The summed E-state index contributed by atoms with van der Waals surface area (Å²) in [7, 11) is 0. The van der Waals surface area contributed by atoms with Crippen molar-refractivity contribution in [3.05, 3.63) is 0 Å². The number of aliphatic hydroxyl groups excluding tert-OH is 5. The van der Waals surface area contributed by atoms with Crippen LogP contribution in [0.4, 0.5) is 0 Å². The number of rotatable bonds is 2. The molecule has 7 fully saturated rings. The predicted molar refractivity (Wildman–Crippen MR) is 147 cm³/mol. The van der Waals surface area contributed by atoms with E-state index in [9.17, 15) is 25.5 Å². The average molecular weight is 581 g/mol. The maximum Gasteiger partial charge on any atom is 0.186 e. The molecule has 0 aromatic carbocycles. The van der Waals surface area contributed by atoms with Crippen LogP contribution in [0.5, 0.6) is 0 Å². The molecule has 0 amide bonds. The molecule has 0 bridgehead atoms. The molecule has 0 aromatic heterocycles. The van der Waals surface area contributed by atoms with Crippen LogP contribution < -0.4 is 0 Å². The normalized spacial score (nSPS) is 62.1. The van der Waals surface area contributed by atoms with Gasteiger partial charge in [0.1, 0.15) is 24.4 Å². The summed E-state index contributed by atoms with van der Waals surface area (Å²) in [6, 6.07) is 0. The van der Waals surface area contributed by atoms with Gasteiger partial charge in [0.2, 0.25) is 0 Å². The van der Waals surface area contributed by atoms with Gasteiger partial charge >= 0.3 is 0 Å². The summed E-state index contributed by atoms with van der Waals surface area (Å²) in [5, 5.41) is 53.2. The SMILES string of the molecule is C[C@H]1CC[C@@]2(OC1)O[C@H]1C[C@@H]3[C@H]4CC[C@@H]5C[C@H](O)[C@@H](O)[C@@H](O[C@@H]6OC[C@H](O)[C@H](O)[C@H]6O)[C@]5(C)[C@H]4CC[C@]3(C)[C@H]1[C@@H]2C. The van der Waals surface area contributed by atoms with E-state index < -0.39 is 54.1 Å². The first-order chi connectivity index (χ1) is 19.4. The Balaban J connectivity index is 1.15. The van der Waals surface area contributed by atoms with Crippen LogP contribution in [0.15, 0.2) is 0 Å². The van der Waals surface area contributed by atoms with Crippen molar-refractivity contribution in [3.63, 3.8) is 0 Å². The number of hydrogen-bond acceptors (Lipinski definition) is 9. The van der Waals surface area contributed by atoms with Crippen LogP contribution in [0.1, 0.15) is 79.1 Å². The molecule has 9 nitrogen and oxygen atoms in total. The Morgan fingerprint density at radius 2 is 1.56 bits per heavy atom. The quantitative estimate of drug-likeness (QED) is 0.333. The lowest BCUT2D eigenvalue weighted by atomic mass is 9.43. The zero-order chi connectivity index (χ0) is 29.1. The molecule has 3 heterocycles. The second kappa shape index (κ2) is 10.1. The van der Waals surface area contributed by atoms with Gasteiger partial charge in [-0.05, 0) is 85.9 Å². The van der Waals surface area contributed by atoms with Gasteiger partial charge in [-0.1, -0.05) is 27.7 Å². The summed E-state index contributed by atoms with van der Waals surface area (Å²) < 4.78 is 25.4. The van der Waals surface area contributed by atoms with E-state index in [1.807, 2.05) is 0 Å². The highest BCUT2D eigenvalue weighted by Crippen LogP contribution is 2.71. The lowest BCUT2D eigenvalue weighted by Gasteiger charge is -2.64. The third kappa shape index (κ3) is 4.13. The van der Waals surface area contributed by atoms with E-state index >= 15 is 0 Å². The molecule has 0 aromatic rings. The summed E-state index contributed by atoms with van der Waals surface area (Å²) in [5.41, 5.74) is -0.266. The van der Waals surface area contributed by atoms with Crippen LogP contribution in [-0.2, 0) is 18.9 Å². The topological polar surface area (TPSA) is 138 Å². The van der Waals surface area contributed by atoms with Crippen LogP contribution >= 0.6 is 0 Å². The van der Waals surface area contributed by atoms with Gasteiger partial charge < -0.3 is 44.5 Å². The lowest BCUT2D eigenvalue weighted by Crippen LogP contribution is -2.66. The fourth-order valence-corrected chi connectivity index (χ4v) is 11.6. The zero-order valence-electron chi connectivity index (χ0n) is 25.1. The first kappa shape index (κ1) is 29.4. The van der Waals surface area contributed by atoms with Gasteiger partial charge in [0.15, 0.2) is 12.1 Å². The van der Waals surface area contributed by atoms with Crippen LogP contribution in [0, 0.1) is 52.3 Å². The van der Waals surface area contributed by atoms with Gasteiger partial charge in [-0.25, -0.2) is 0 Å². The molecular weight excluding hydrogens is 528 g/mol. The predicted octanol–water partition coefficient (Wildman–Crippen LogP) is 2.20. The summed E-state index contributed by atoms with van der Waals surface area (Å²) in [5.74, 6) is 2.40. The van der Waals surface area contributed by atoms with Gasteiger partial charge in [0, 0.05) is 17.8 Å². The molecule has 5 N–H and O–H groups in total. The maximum atomic E-state index is 11.4. The van der Waals surface area contributed by atoms with E-state index in [0.29, 0.717) is 36.0 Å². The van der Waals surface area contributed by atoms with Gasteiger partial charge in [-0.15, -0.1) is 0 Å². The molecule has 7 rings (SSSR count). The Bertz CT molecular complexity index is 986. The number of hydrogen-bond donors (Lipinski definition) is 5. The molecule has 0 radical (unpaired) electrons. The molecule has 3 saturated heterocycles. The van der Waals surface area contributed by atoms with Crippen molar-refractivity contribution in [3.8, 4) is 0 Å². The number of aliphatic hydroxyl groups is 5. The fraction of sp³-hybridized carbons (Fsp3) is 1.00. The minimum atomic E-state index is -1.44. The molecule has 3 aliphatic heterocycles. The summed E-state index contributed by atoms with van der Waals surface area (Å²) >= 11 is 0. The third-order valence-corrected chi connectivity index (χ3v) is 13.8. The average Bonchev–Trinajstić information content (AvgIpc) is 3.39. The molecule has 4 saturated carbocycles. The van der Waals surface area contributed by atoms with E-state index in [0.717, 1.165) is 51.6 Å². The second-order valence-corrected chi connectivity index (χ2v) is 15.6. The third-order valence-electron chi connectivity index (χ3n) is 13.8. The van der Waals surface area contributed by atoms with E-state index in [-0.39, 0.29) is 30.0 Å². The maximum absolute atomic E-state index is 11.4. The highest BCUT2D eigenvalue weighted by Gasteiger charge is 2.70. The van der Waals surface area contributed by atoms with E-state index in [1.54, 1.807) is 0 Å². The number of fused-ring (bicyclic) bond motifs is 7. The monoisotopic (exact) mass is 580 g/mol. The largest absolute Gasteiger partial charge is 0.390 e. The summed E-state index contributed by atoms with van der Waals surface area (Å²) in [4.78, 5) is 0. The molecular formula is C32H52O9. The standard InChI is InChI=1S/C32H52O9/c1-15-7-10-32(39-13-15)16(2)24-23(41-32)12-20-18-6-5-17-11-21(33)26(36)28(31(17,4)19(18)8-9-30(20,24)3)40-29-27(37)25(35)22(34)14-38-29/h15-29,33-37H,5-14H2,1-4H3/t15-,16-,17+,18-,19-,20+,21-,22-,23-,24-,25-,26+,27+,28+,29-,30-,31-,32+/m0/s1. The minimum Gasteiger partial charge on any atom is -0.390 e. The van der Waals surface area contributed by atoms with E-state index in [2.05, 4.69) is 27.7 Å². The summed E-state index contributed by atoms with van der Waals surface area (Å²) in [6.07, 6.45) is 0.0615. The van der Waals surface area contributed by atoms with Crippen molar-refractivity contribution < 1.29 is 44.5 Å². The lowest BCUT2D eigenvalue weighted by molar-refractivity contribution is -0.328. The molecule has 9 heteroatoms. The minimum absolute atomic E-state index is 0.161. The molecule has 4 aliphatic carbocycles. The Morgan fingerprint density at radius 1 is 0.780 bits per heavy atom. The zero-order valence-corrected chi connectivity index (χ0v) is 25.1. The summed E-state index contributed by atoms with van der Waals surface area (Å²) in [6.45, 7) is 9.96. The van der Waals surface area contributed by atoms with Crippen LogP contribution in [-0.4, -0.2) is 93.6 Å². The van der Waals surface area contributed by atoms with Crippen molar-refractivity contribution in [2.45, 2.75) is 134 Å². The Hall–Kier alpha value is -0.360. The number of ether oxygens (including phenoxy) is 4. The van der Waals surface area contributed by atoms with Gasteiger partial charge in [0.25, 0.3) is 0 Å². The fourth-order valence-electron chi connectivity index (χ4n) is 11.6. The van der Waals surface area contributed by atoms with Crippen LogP contribution in [0.25, 0.3) is 0 Å². The van der Waals surface area contributed by atoms with Gasteiger partial charge in [-0.2, -0.15) is 0 Å².